The molecule has 0 spiro atoms. The maximum atomic E-state index is 13.0. The first-order valence-electron chi connectivity index (χ1n) is 15.4. The van der Waals surface area contributed by atoms with E-state index in [1.165, 1.54) is 12.8 Å². The van der Waals surface area contributed by atoms with Gasteiger partial charge in [-0.25, -0.2) is 4.79 Å². The predicted octanol–water partition coefficient (Wildman–Crippen LogP) is 3.70. The van der Waals surface area contributed by atoms with Crippen molar-refractivity contribution in [2.45, 2.75) is 96.6 Å². The smallest absolute Gasteiger partial charge is 0.410 e. The van der Waals surface area contributed by atoms with E-state index in [1.807, 2.05) is 20.8 Å². The molecule has 3 N–H and O–H groups in total. The number of piperidine rings is 1. The second-order valence-electron chi connectivity index (χ2n) is 14.0. The number of likely N-dealkylation sites (tertiary alicyclic amines) is 1. The third-order valence-corrected chi connectivity index (χ3v) is 10.0. The van der Waals surface area contributed by atoms with E-state index in [4.69, 9.17) is 4.74 Å². The predicted molar refractivity (Wildman–Crippen MR) is 146 cm³/mol. The third-order valence-electron chi connectivity index (χ3n) is 10.0. The number of carbonyl (C=O) groups is 3. The van der Waals surface area contributed by atoms with E-state index >= 15 is 0 Å². The number of ether oxygens (including phenoxy) is 1. The zero-order valence-electron chi connectivity index (χ0n) is 23.8. The highest BCUT2D eigenvalue weighted by molar-refractivity contribution is 5.82. The summed E-state index contributed by atoms with van der Waals surface area (Å²) in [5, 5.41) is 10.1. The number of amides is 3. The Morgan fingerprint density at radius 3 is 2.42 bits per heavy atom. The standard InChI is InChI=1S/C30H50N4O4/c1-30(2,3)38-29(37)34-13-11-19(18-34)16-32-27(35)21-6-4-20(5-7-21)25-15-26(25)28(36)33-24-9-8-23-17-31-12-10-22(23)14-24/h19-26,31H,4-18H2,1-3H3,(H,32,35)(H,33,36). The summed E-state index contributed by atoms with van der Waals surface area (Å²) in [7, 11) is 0. The van der Waals surface area contributed by atoms with Gasteiger partial charge in [0.2, 0.25) is 11.8 Å². The number of fused-ring (bicyclic) bond motifs is 1. The van der Waals surface area contributed by atoms with Crippen molar-refractivity contribution in [2.24, 2.45) is 41.4 Å². The van der Waals surface area contributed by atoms with Crippen LogP contribution in [0.15, 0.2) is 0 Å². The summed E-state index contributed by atoms with van der Waals surface area (Å²) in [6, 6.07) is 0.374. The fourth-order valence-electron chi connectivity index (χ4n) is 7.69. The minimum atomic E-state index is -0.487. The van der Waals surface area contributed by atoms with Crippen molar-refractivity contribution in [3.05, 3.63) is 0 Å². The van der Waals surface area contributed by atoms with Crippen molar-refractivity contribution in [1.82, 2.24) is 20.9 Å². The minimum absolute atomic E-state index is 0.0841. The number of nitrogens with zero attached hydrogens (tertiary/aromatic N) is 1. The van der Waals surface area contributed by atoms with Gasteiger partial charge in [0.15, 0.2) is 0 Å². The fraction of sp³-hybridized carbons (Fsp3) is 0.900. The van der Waals surface area contributed by atoms with Crippen molar-refractivity contribution < 1.29 is 19.1 Å². The number of hydrogen-bond acceptors (Lipinski definition) is 5. The molecule has 5 fully saturated rings. The number of hydrogen-bond donors (Lipinski definition) is 3. The second kappa shape index (κ2) is 11.7. The number of nitrogens with one attached hydrogen (secondary N) is 3. The van der Waals surface area contributed by atoms with Crippen LogP contribution in [0.4, 0.5) is 4.79 Å². The zero-order chi connectivity index (χ0) is 26.9. The molecule has 5 aliphatic rings. The highest BCUT2D eigenvalue weighted by atomic mass is 16.6. The van der Waals surface area contributed by atoms with Crippen LogP contribution in [0.2, 0.25) is 0 Å². The van der Waals surface area contributed by atoms with Crippen LogP contribution in [0.1, 0.15) is 85.0 Å². The van der Waals surface area contributed by atoms with Crippen LogP contribution in [-0.2, 0) is 14.3 Å². The van der Waals surface area contributed by atoms with E-state index in [0.29, 0.717) is 49.3 Å². The summed E-state index contributed by atoms with van der Waals surface area (Å²) in [6.07, 6.45) is 10.4. The molecule has 3 aliphatic carbocycles. The summed E-state index contributed by atoms with van der Waals surface area (Å²) in [6.45, 7) is 9.89. The van der Waals surface area contributed by atoms with Crippen LogP contribution in [-0.4, -0.2) is 67.2 Å². The maximum Gasteiger partial charge on any atom is 0.410 e. The van der Waals surface area contributed by atoms with Crippen molar-refractivity contribution >= 4 is 17.9 Å². The van der Waals surface area contributed by atoms with E-state index in [0.717, 1.165) is 76.3 Å². The largest absolute Gasteiger partial charge is 0.444 e. The third kappa shape index (κ3) is 7.02. The Balaban J connectivity index is 0.970. The summed E-state index contributed by atoms with van der Waals surface area (Å²) < 4.78 is 5.48. The molecule has 3 saturated carbocycles. The monoisotopic (exact) mass is 530 g/mol. The van der Waals surface area contributed by atoms with Crippen molar-refractivity contribution in [1.29, 1.82) is 0 Å². The van der Waals surface area contributed by atoms with Gasteiger partial charge in [-0.1, -0.05) is 0 Å². The quantitative estimate of drug-likeness (QED) is 0.486. The Hall–Kier alpha value is -1.83. The average Bonchev–Trinajstić information content (AvgIpc) is 3.55. The van der Waals surface area contributed by atoms with Crippen LogP contribution < -0.4 is 16.0 Å². The average molecular weight is 531 g/mol. The van der Waals surface area contributed by atoms with Gasteiger partial charge in [0.25, 0.3) is 0 Å². The lowest BCUT2D eigenvalue weighted by Crippen LogP contribution is -2.46. The normalized spacial score (nSPS) is 37.2. The topological polar surface area (TPSA) is 99.8 Å². The molecule has 0 aromatic rings. The van der Waals surface area contributed by atoms with Gasteiger partial charge in [-0.15, -0.1) is 0 Å². The Morgan fingerprint density at radius 2 is 1.66 bits per heavy atom. The lowest BCUT2D eigenvalue weighted by Gasteiger charge is -2.39. The van der Waals surface area contributed by atoms with Crippen LogP contribution in [0.5, 0.6) is 0 Å². The SMILES string of the molecule is CC(C)(C)OC(=O)N1CCC(CNC(=O)C2CCC(C3CC3C(=O)NC3CCC4CNCCC4C3)CC2)C1. The van der Waals surface area contributed by atoms with Gasteiger partial charge in [-0.05, 0) is 128 Å². The second-order valence-corrected chi connectivity index (χ2v) is 14.0. The molecule has 2 aliphatic heterocycles. The first-order valence-corrected chi connectivity index (χ1v) is 15.4. The maximum absolute atomic E-state index is 13.0. The van der Waals surface area contributed by atoms with Crippen LogP contribution in [0, 0.1) is 41.4 Å². The van der Waals surface area contributed by atoms with Crippen molar-refractivity contribution in [3.8, 4) is 0 Å². The molecule has 0 aromatic carbocycles. The molecule has 5 rings (SSSR count). The lowest BCUT2D eigenvalue weighted by atomic mass is 9.73. The molecule has 38 heavy (non-hydrogen) atoms. The van der Waals surface area contributed by atoms with Gasteiger partial charge >= 0.3 is 6.09 Å². The molecule has 2 heterocycles. The lowest BCUT2D eigenvalue weighted by molar-refractivity contribution is -0.127. The molecule has 6 atom stereocenters. The Labute approximate surface area is 228 Å². The van der Waals surface area contributed by atoms with Crippen LogP contribution in [0.25, 0.3) is 0 Å². The van der Waals surface area contributed by atoms with Gasteiger partial charge in [0, 0.05) is 37.5 Å². The molecule has 8 heteroatoms. The minimum Gasteiger partial charge on any atom is -0.444 e. The van der Waals surface area contributed by atoms with E-state index in [-0.39, 0.29) is 23.8 Å². The Kier molecular flexibility index (Phi) is 8.56. The van der Waals surface area contributed by atoms with Gasteiger partial charge in [0.1, 0.15) is 5.60 Å². The summed E-state index contributed by atoms with van der Waals surface area (Å²) in [5.74, 6) is 3.73. The van der Waals surface area contributed by atoms with Gasteiger partial charge in [-0.3, -0.25) is 9.59 Å². The first kappa shape index (κ1) is 27.7. The molecule has 0 bridgehead atoms. The van der Waals surface area contributed by atoms with E-state index in [1.54, 1.807) is 4.90 Å². The highest BCUT2D eigenvalue weighted by Crippen LogP contribution is 2.50. The summed E-state index contributed by atoms with van der Waals surface area (Å²) >= 11 is 0. The summed E-state index contributed by atoms with van der Waals surface area (Å²) in [4.78, 5) is 39.9. The molecular formula is C30H50N4O4. The molecule has 6 unspecified atom stereocenters. The zero-order valence-corrected chi connectivity index (χ0v) is 23.8. The van der Waals surface area contributed by atoms with Crippen molar-refractivity contribution in [3.63, 3.8) is 0 Å². The molecule has 0 aromatic heterocycles. The molecule has 214 valence electrons. The van der Waals surface area contributed by atoms with Gasteiger partial charge in [-0.2, -0.15) is 0 Å². The molecular weight excluding hydrogens is 480 g/mol. The van der Waals surface area contributed by atoms with E-state index < -0.39 is 5.60 Å². The Bertz CT molecular complexity index is 865. The van der Waals surface area contributed by atoms with E-state index in [2.05, 4.69) is 16.0 Å². The molecule has 8 nitrogen and oxygen atoms in total. The molecule has 2 saturated heterocycles. The van der Waals surface area contributed by atoms with Gasteiger partial charge in [0.05, 0.1) is 0 Å². The first-order chi connectivity index (χ1) is 18.2. The molecule has 3 amide bonds. The molecule has 0 radical (unpaired) electrons. The van der Waals surface area contributed by atoms with Crippen molar-refractivity contribution in [2.75, 3.05) is 32.7 Å². The fourth-order valence-corrected chi connectivity index (χ4v) is 7.69. The van der Waals surface area contributed by atoms with E-state index in [9.17, 15) is 14.4 Å². The number of rotatable bonds is 6. The highest BCUT2D eigenvalue weighted by Gasteiger charge is 2.49. The van der Waals surface area contributed by atoms with Crippen LogP contribution >= 0.6 is 0 Å². The van der Waals surface area contributed by atoms with Crippen LogP contribution in [0.3, 0.4) is 0 Å². The summed E-state index contributed by atoms with van der Waals surface area (Å²) in [5.41, 5.74) is -0.487. The Morgan fingerprint density at radius 1 is 0.895 bits per heavy atom. The van der Waals surface area contributed by atoms with Gasteiger partial charge < -0.3 is 25.6 Å². The number of carbonyl (C=O) groups excluding carboxylic acids is 3.